The predicted molar refractivity (Wildman–Crippen MR) is 36.5 cm³/mol. The van der Waals surface area contributed by atoms with Crippen LogP contribution in [0.4, 0.5) is 0 Å². The minimum absolute atomic E-state index is 0.963. The van der Waals surface area contributed by atoms with E-state index >= 15 is 0 Å². The summed E-state index contributed by atoms with van der Waals surface area (Å²) in [4.78, 5) is 0. The summed E-state index contributed by atoms with van der Waals surface area (Å²) in [6.07, 6.45) is 5.47. The maximum atomic E-state index is 3.90. The Morgan fingerprint density at radius 3 is 2.50 bits per heavy atom. The Balaban J connectivity index is 2.22. The van der Waals surface area contributed by atoms with Crippen molar-refractivity contribution in [1.82, 2.24) is 0 Å². The molecule has 0 heterocycles. The van der Waals surface area contributed by atoms with Crippen molar-refractivity contribution in [2.45, 2.75) is 32.6 Å². The van der Waals surface area contributed by atoms with E-state index in [1.54, 1.807) is 0 Å². The van der Waals surface area contributed by atoms with E-state index in [0.717, 1.165) is 18.3 Å². The van der Waals surface area contributed by atoms with Crippen molar-refractivity contribution in [2.75, 3.05) is 0 Å². The molecule has 1 aliphatic carbocycles. The maximum absolute atomic E-state index is 3.90. The first-order chi connectivity index (χ1) is 3.83. The maximum Gasteiger partial charge on any atom is -0.0412 e. The van der Waals surface area contributed by atoms with Crippen LogP contribution in [0, 0.1) is 18.8 Å². The third kappa shape index (κ3) is 1.24. The summed E-state index contributed by atoms with van der Waals surface area (Å²) in [5, 5.41) is 0. The molecule has 2 atom stereocenters. The molecule has 47 valence electrons. The van der Waals surface area contributed by atoms with Crippen LogP contribution in [-0.2, 0) is 0 Å². The standard InChI is InChI=1S/C8H15/c1-3-8-5-4-7(2)6-8/h7-8H,1,3-6H2,2H3. The summed E-state index contributed by atoms with van der Waals surface area (Å²) in [7, 11) is 0. The predicted octanol–water partition coefficient (Wildman–Crippen LogP) is 2.65. The van der Waals surface area contributed by atoms with Gasteiger partial charge >= 0.3 is 0 Å². The number of hydrogen-bond acceptors (Lipinski definition) is 0. The lowest BCUT2D eigenvalue weighted by Crippen LogP contribution is -1.90. The second-order valence-electron chi connectivity index (χ2n) is 3.07. The second kappa shape index (κ2) is 2.52. The van der Waals surface area contributed by atoms with Gasteiger partial charge in [-0.25, -0.2) is 0 Å². The third-order valence-electron chi connectivity index (χ3n) is 2.21. The van der Waals surface area contributed by atoms with Crippen molar-refractivity contribution in [3.8, 4) is 0 Å². The molecule has 0 amide bonds. The summed E-state index contributed by atoms with van der Waals surface area (Å²) in [6.45, 7) is 6.25. The summed E-state index contributed by atoms with van der Waals surface area (Å²) in [5.74, 6) is 1.95. The van der Waals surface area contributed by atoms with Gasteiger partial charge in [0, 0.05) is 0 Å². The largest absolute Gasteiger partial charge is 0.0625 e. The van der Waals surface area contributed by atoms with Gasteiger partial charge in [-0.2, -0.15) is 0 Å². The van der Waals surface area contributed by atoms with Gasteiger partial charge < -0.3 is 0 Å². The van der Waals surface area contributed by atoms with Crippen molar-refractivity contribution >= 4 is 0 Å². The summed E-state index contributed by atoms with van der Waals surface area (Å²) in [5.41, 5.74) is 0. The zero-order chi connectivity index (χ0) is 5.98. The Kier molecular flexibility index (Phi) is 1.93. The minimum atomic E-state index is 0.963. The van der Waals surface area contributed by atoms with Crippen molar-refractivity contribution < 1.29 is 0 Å². The highest BCUT2D eigenvalue weighted by Crippen LogP contribution is 2.31. The van der Waals surface area contributed by atoms with Gasteiger partial charge in [-0.1, -0.05) is 33.1 Å². The van der Waals surface area contributed by atoms with Crippen LogP contribution in [0.1, 0.15) is 32.6 Å². The van der Waals surface area contributed by atoms with Gasteiger partial charge in [0.05, 0.1) is 0 Å². The Bertz CT molecular complexity index is 66.4. The van der Waals surface area contributed by atoms with E-state index in [4.69, 9.17) is 0 Å². The molecule has 1 radical (unpaired) electrons. The SMILES string of the molecule is [CH2]CC1CCC(C)C1. The summed E-state index contributed by atoms with van der Waals surface area (Å²) in [6, 6.07) is 0. The average Bonchev–Trinajstić information content (AvgIpc) is 2.14. The van der Waals surface area contributed by atoms with Gasteiger partial charge in [-0.05, 0) is 18.3 Å². The second-order valence-corrected chi connectivity index (χ2v) is 3.07. The molecule has 0 nitrogen and oxygen atoms in total. The lowest BCUT2D eigenvalue weighted by molar-refractivity contribution is 0.520. The highest BCUT2D eigenvalue weighted by atomic mass is 14.2. The normalized spacial score (nSPS) is 38.2. The van der Waals surface area contributed by atoms with Crippen molar-refractivity contribution in [3.05, 3.63) is 6.92 Å². The summed E-state index contributed by atoms with van der Waals surface area (Å²) < 4.78 is 0. The molecular formula is C8H15. The van der Waals surface area contributed by atoms with Gasteiger partial charge in [0.15, 0.2) is 0 Å². The van der Waals surface area contributed by atoms with Crippen molar-refractivity contribution in [1.29, 1.82) is 0 Å². The fourth-order valence-electron chi connectivity index (χ4n) is 1.59. The van der Waals surface area contributed by atoms with Crippen LogP contribution in [0.2, 0.25) is 0 Å². The quantitative estimate of drug-likeness (QED) is 0.488. The van der Waals surface area contributed by atoms with Crippen LogP contribution in [0.3, 0.4) is 0 Å². The Morgan fingerprint density at radius 2 is 2.25 bits per heavy atom. The smallest absolute Gasteiger partial charge is 0.0412 e. The fraction of sp³-hybridized carbons (Fsp3) is 0.875. The van der Waals surface area contributed by atoms with Crippen LogP contribution in [-0.4, -0.2) is 0 Å². The van der Waals surface area contributed by atoms with Gasteiger partial charge in [0.25, 0.3) is 0 Å². The molecule has 0 spiro atoms. The fourth-order valence-corrected chi connectivity index (χ4v) is 1.59. The van der Waals surface area contributed by atoms with Crippen LogP contribution in [0.25, 0.3) is 0 Å². The Hall–Kier alpha value is 0. The van der Waals surface area contributed by atoms with E-state index in [9.17, 15) is 0 Å². The van der Waals surface area contributed by atoms with Gasteiger partial charge in [0.2, 0.25) is 0 Å². The highest BCUT2D eigenvalue weighted by Gasteiger charge is 2.18. The molecule has 0 saturated heterocycles. The molecular weight excluding hydrogens is 96.1 g/mol. The first-order valence-corrected chi connectivity index (χ1v) is 3.62. The van der Waals surface area contributed by atoms with Gasteiger partial charge in [0.1, 0.15) is 0 Å². The van der Waals surface area contributed by atoms with Gasteiger partial charge in [-0.3, -0.25) is 0 Å². The molecule has 1 fully saturated rings. The van der Waals surface area contributed by atoms with E-state index < -0.39 is 0 Å². The molecule has 1 aliphatic rings. The van der Waals surface area contributed by atoms with Crippen LogP contribution < -0.4 is 0 Å². The zero-order valence-electron chi connectivity index (χ0n) is 5.69. The average molecular weight is 111 g/mol. The number of rotatable bonds is 1. The van der Waals surface area contributed by atoms with E-state index in [0.29, 0.717) is 0 Å². The Labute approximate surface area is 52.3 Å². The minimum Gasteiger partial charge on any atom is -0.0625 e. The van der Waals surface area contributed by atoms with Gasteiger partial charge in [-0.15, -0.1) is 0 Å². The summed E-state index contributed by atoms with van der Waals surface area (Å²) >= 11 is 0. The Morgan fingerprint density at radius 1 is 1.50 bits per heavy atom. The van der Waals surface area contributed by atoms with E-state index in [2.05, 4.69) is 13.8 Å². The molecule has 0 aromatic heterocycles. The molecule has 0 bridgehead atoms. The first-order valence-electron chi connectivity index (χ1n) is 3.62. The molecule has 2 unspecified atom stereocenters. The third-order valence-corrected chi connectivity index (χ3v) is 2.21. The molecule has 0 aromatic carbocycles. The lowest BCUT2D eigenvalue weighted by atomic mass is 10.0. The molecule has 0 aromatic rings. The van der Waals surface area contributed by atoms with Crippen LogP contribution in [0.5, 0.6) is 0 Å². The number of hydrogen-bond donors (Lipinski definition) is 0. The molecule has 0 aliphatic heterocycles. The lowest BCUT2D eigenvalue weighted by Gasteiger charge is -2.02. The van der Waals surface area contributed by atoms with E-state index in [-0.39, 0.29) is 0 Å². The monoisotopic (exact) mass is 111 g/mol. The first kappa shape index (κ1) is 6.12. The highest BCUT2D eigenvalue weighted by molar-refractivity contribution is 4.72. The molecule has 8 heavy (non-hydrogen) atoms. The van der Waals surface area contributed by atoms with Crippen molar-refractivity contribution in [2.24, 2.45) is 11.8 Å². The van der Waals surface area contributed by atoms with E-state index in [1.807, 2.05) is 0 Å². The molecule has 0 N–H and O–H groups in total. The molecule has 1 rings (SSSR count). The topological polar surface area (TPSA) is 0 Å². The van der Waals surface area contributed by atoms with Crippen LogP contribution in [0.15, 0.2) is 0 Å². The van der Waals surface area contributed by atoms with E-state index in [1.165, 1.54) is 19.3 Å². The molecule has 1 saturated carbocycles. The molecule has 0 heteroatoms. The van der Waals surface area contributed by atoms with Crippen LogP contribution >= 0.6 is 0 Å². The van der Waals surface area contributed by atoms with Crippen molar-refractivity contribution in [3.63, 3.8) is 0 Å². The zero-order valence-corrected chi connectivity index (χ0v) is 5.69.